The number of nitrogens with zero attached hydrogens (tertiary/aromatic N) is 1. The van der Waals surface area contributed by atoms with Crippen molar-refractivity contribution < 1.29 is 19.1 Å². The first-order chi connectivity index (χ1) is 14.3. The van der Waals surface area contributed by atoms with Gasteiger partial charge in [-0.1, -0.05) is 51.1 Å². The van der Waals surface area contributed by atoms with Crippen LogP contribution in [0.4, 0.5) is 0 Å². The zero-order valence-corrected chi connectivity index (χ0v) is 18.3. The molecule has 2 aromatic carbocycles. The largest absolute Gasteiger partial charge is 0.486 e. The van der Waals surface area contributed by atoms with Gasteiger partial charge in [0.15, 0.2) is 0 Å². The van der Waals surface area contributed by atoms with Crippen molar-refractivity contribution in [3.8, 4) is 5.75 Å². The molecule has 160 valence electrons. The van der Waals surface area contributed by atoms with Crippen molar-refractivity contribution in [3.05, 3.63) is 65.2 Å². The van der Waals surface area contributed by atoms with Crippen LogP contribution in [0.5, 0.6) is 5.75 Å². The maximum atomic E-state index is 12.8. The standard InChI is InChI=1S/C25H31NO4/c1-5-29-23(27)14-13-18-9-8-10-19(15-18)24(28)26-16-20(17-26)30-22-12-7-6-11-21(22)25(2,3)4/h6-12,15,20H,5,13-14,16-17H2,1-4H3. The van der Waals surface area contributed by atoms with Gasteiger partial charge in [0.05, 0.1) is 19.7 Å². The second-order valence-corrected chi connectivity index (χ2v) is 8.70. The Kier molecular flexibility index (Phi) is 6.80. The molecule has 1 heterocycles. The highest BCUT2D eigenvalue weighted by Gasteiger charge is 2.33. The van der Waals surface area contributed by atoms with E-state index in [2.05, 4.69) is 26.8 Å². The van der Waals surface area contributed by atoms with Crippen molar-refractivity contribution in [2.24, 2.45) is 0 Å². The number of carbonyl (C=O) groups excluding carboxylic acids is 2. The molecule has 1 amide bonds. The maximum Gasteiger partial charge on any atom is 0.306 e. The van der Waals surface area contributed by atoms with Crippen LogP contribution in [0.3, 0.4) is 0 Å². The van der Waals surface area contributed by atoms with Crippen molar-refractivity contribution in [2.75, 3.05) is 19.7 Å². The number of aryl methyl sites for hydroxylation is 1. The Balaban J connectivity index is 1.56. The van der Waals surface area contributed by atoms with Gasteiger partial charge in [-0.3, -0.25) is 9.59 Å². The summed E-state index contributed by atoms with van der Waals surface area (Å²) in [7, 11) is 0. The fourth-order valence-electron chi connectivity index (χ4n) is 3.57. The van der Waals surface area contributed by atoms with E-state index in [0.717, 1.165) is 11.3 Å². The fraction of sp³-hybridized carbons (Fsp3) is 0.440. The number of hydrogen-bond acceptors (Lipinski definition) is 4. The van der Waals surface area contributed by atoms with Crippen LogP contribution < -0.4 is 4.74 Å². The molecule has 2 aromatic rings. The van der Waals surface area contributed by atoms with E-state index >= 15 is 0 Å². The normalized spacial score (nSPS) is 14.2. The molecule has 0 atom stereocenters. The molecule has 0 aliphatic carbocycles. The Morgan fingerprint density at radius 3 is 2.50 bits per heavy atom. The smallest absolute Gasteiger partial charge is 0.306 e. The Labute approximate surface area is 179 Å². The Morgan fingerprint density at radius 1 is 1.07 bits per heavy atom. The zero-order valence-electron chi connectivity index (χ0n) is 18.3. The number of carbonyl (C=O) groups is 2. The first kappa shape index (κ1) is 21.9. The predicted octanol–water partition coefficient (Wildman–Crippen LogP) is 4.38. The molecule has 5 nitrogen and oxygen atoms in total. The number of amides is 1. The average Bonchev–Trinajstić information content (AvgIpc) is 2.68. The number of hydrogen-bond donors (Lipinski definition) is 0. The van der Waals surface area contributed by atoms with Crippen molar-refractivity contribution >= 4 is 11.9 Å². The summed E-state index contributed by atoms with van der Waals surface area (Å²) in [5, 5.41) is 0. The lowest BCUT2D eigenvalue weighted by molar-refractivity contribution is -0.143. The molecule has 0 N–H and O–H groups in total. The molecule has 5 heteroatoms. The molecule has 0 aromatic heterocycles. The quantitative estimate of drug-likeness (QED) is 0.637. The number of para-hydroxylation sites is 1. The van der Waals surface area contributed by atoms with E-state index in [1.807, 2.05) is 42.5 Å². The highest BCUT2D eigenvalue weighted by atomic mass is 16.5. The lowest BCUT2D eigenvalue weighted by Gasteiger charge is -2.40. The Hall–Kier alpha value is -2.82. The van der Waals surface area contributed by atoms with Crippen molar-refractivity contribution in [1.82, 2.24) is 4.90 Å². The molecule has 1 fully saturated rings. The molecule has 0 bridgehead atoms. The molecule has 1 aliphatic rings. The Bertz CT molecular complexity index is 894. The predicted molar refractivity (Wildman–Crippen MR) is 117 cm³/mol. The molecule has 30 heavy (non-hydrogen) atoms. The van der Waals surface area contributed by atoms with Crippen LogP contribution in [-0.4, -0.2) is 42.6 Å². The Morgan fingerprint density at radius 2 is 1.80 bits per heavy atom. The summed E-state index contributed by atoms with van der Waals surface area (Å²) >= 11 is 0. The van der Waals surface area contributed by atoms with Crippen molar-refractivity contribution in [3.63, 3.8) is 0 Å². The SMILES string of the molecule is CCOC(=O)CCc1cccc(C(=O)N2CC(Oc3ccccc3C(C)(C)C)C2)c1. The number of ether oxygens (including phenoxy) is 2. The van der Waals surface area contributed by atoms with E-state index in [9.17, 15) is 9.59 Å². The molecular weight excluding hydrogens is 378 g/mol. The van der Waals surface area contributed by atoms with E-state index in [4.69, 9.17) is 9.47 Å². The van der Waals surface area contributed by atoms with Crippen LogP contribution >= 0.6 is 0 Å². The van der Waals surface area contributed by atoms with Gasteiger partial charge in [-0.2, -0.15) is 0 Å². The van der Waals surface area contributed by atoms with Crippen molar-refractivity contribution in [2.45, 2.75) is 52.1 Å². The molecule has 0 unspecified atom stereocenters. The van der Waals surface area contributed by atoms with Gasteiger partial charge < -0.3 is 14.4 Å². The van der Waals surface area contributed by atoms with E-state index < -0.39 is 0 Å². The summed E-state index contributed by atoms with van der Waals surface area (Å²) in [6.07, 6.45) is 0.887. The summed E-state index contributed by atoms with van der Waals surface area (Å²) in [5.41, 5.74) is 2.77. The third-order valence-corrected chi connectivity index (χ3v) is 5.22. The van der Waals surface area contributed by atoms with Crippen LogP contribution in [0.15, 0.2) is 48.5 Å². The fourth-order valence-corrected chi connectivity index (χ4v) is 3.57. The van der Waals surface area contributed by atoms with E-state index in [-0.39, 0.29) is 23.4 Å². The number of likely N-dealkylation sites (tertiary alicyclic amines) is 1. The molecule has 0 saturated carbocycles. The highest BCUT2D eigenvalue weighted by Crippen LogP contribution is 2.32. The van der Waals surface area contributed by atoms with Crippen molar-refractivity contribution in [1.29, 1.82) is 0 Å². The summed E-state index contributed by atoms with van der Waals surface area (Å²) in [6.45, 7) is 9.83. The van der Waals surface area contributed by atoms with Crippen LogP contribution in [0.1, 0.15) is 55.6 Å². The van der Waals surface area contributed by atoms with E-state index in [1.54, 1.807) is 11.8 Å². The van der Waals surface area contributed by atoms with Gasteiger partial charge >= 0.3 is 5.97 Å². The third-order valence-electron chi connectivity index (χ3n) is 5.22. The third kappa shape index (κ3) is 5.41. The monoisotopic (exact) mass is 409 g/mol. The molecule has 1 aliphatic heterocycles. The summed E-state index contributed by atoms with van der Waals surface area (Å²) < 4.78 is 11.2. The van der Waals surface area contributed by atoms with Gasteiger partial charge in [-0.25, -0.2) is 0 Å². The van der Waals surface area contributed by atoms with Gasteiger partial charge in [0, 0.05) is 12.0 Å². The van der Waals surface area contributed by atoms with Gasteiger partial charge in [0.1, 0.15) is 11.9 Å². The number of esters is 1. The first-order valence-electron chi connectivity index (χ1n) is 10.6. The van der Waals surface area contributed by atoms with E-state index in [1.165, 1.54) is 5.56 Å². The first-order valence-corrected chi connectivity index (χ1v) is 10.6. The lowest BCUT2D eigenvalue weighted by Crippen LogP contribution is -2.56. The lowest BCUT2D eigenvalue weighted by atomic mass is 9.86. The minimum Gasteiger partial charge on any atom is -0.486 e. The highest BCUT2D eigenvalue weighted by molar-refractivity contribution is 5.95. The minimum atomic E-state index is -0.215. The molecular formula is C25H31NO4. The molecule has 1 saturated heterocycles. The average molecular weight is 410 g/mol. The number of rotatable bonds is 7. The van der Waals surface area contributed by atoms with Crippen LogP contribution in [0, 0.1) is 0 Å². The van der Waals surface area contributed by atoms with E-state index in [0.29, 0.717) is 38.1 Å². The summed E-state index contributed by atoms with van der Waals surface area (Å²) in [4.78, 5) is 26.2. The van der Waals surface area contributed by atoms with Gasteiger partial charge in [0.25, 0.3) is 5.91 Å². The van der Waals surface area contributed by atoms with Gasteiger partial charge in [0.2, 0.25) is 0 Å². The number of benzene rings is 2. The topological polar surface area (TPSA) is 55.8 Å². The molecule has 0 radical (unpaired) electrons. The van der Waals surface area contributed by atoms with Crippen LogP contribution in [0.25, 0.3) is 0 Å². The van der Waals surface area contributed by atoms with Gasteiger partial charge in [-0.05, 0) is 48.1 Å². The molecule has 3 rings (SSSR count). The van der Waals surface area contributed by atoms with Gasteiger partial charge in [-0.15, -0.1) is 0 Å². The minimum absolute atomic E-state index is 0.000160. The summed E-state index contributed by atoms with van der Waals surface area (Å²) in [5.74, 6) is 0.674. The second-order valence-electron chi connectivity index (χ2n) is 8.70. The second kappa shape index (κ2) is 9.33. The van der Waals surface area contributed by atoms with Crippen LogP contribution in [0.2, 0.25) is 0 Å². The summed E-state index contributed by atoms with van der Waals surface area (Å²) in [6, 6.07) is 15.6. The maximum absolute atomic E-state index is 12.8. The zero-order chi connectivity index (χ0) is 21.7. The molecule has 0 spiro atoms. The van der Waals surface area contributed by atoms with Crippen LogP contribution in [-0.2, 0) is 21.4 Å².